The summed E-state index contributed by atoms with van der Waals surface area (Å²) in [5.74, 6) is -1.07. The number of carbonyl (C=O) groups excluding carboxylic acids is 1. The van der Waals surface area contributed by atoms with E-state index in [1.165, 1.54) is 18.2 Å². The fourth-order valence-corrected chi connectivity index (χ4v) is 0.759. The molecule has 0 radical (unpaired) electrons. The largest absolute Gasteiger partial charge is 0.432 e. The van der Waals surface area contributed by atoms with E-state index in [2.05, 4.69) is 11.3 Å². The van der Waals surface area contributed by atoms with Crippen LogP contribution in [-0.2, 0) is 4.74 Å². The smallest absolute Gasteiger partial charge is 0.343 e. The molecule has 62 valence electrons. The molecule has 1 aromatic carbocycles. The number of hydrogen-bond acceptors (Lipinski definition) is 2. The van der Waals surface area contributed by atoms with Gasteiger partial charge in [-0.25, -0.2) is 9.18 Å². The van der Waals surface area contributed by atoms with Crippen molar-refractivity contribution in [3.8, 4) is 0 Å². The third-order valence-electron chi connectivity index (χ3n) is 1.25. The van der Waals surface area contributed by atoms with Crippen molar-refractivity contribution >= 4 is 5.97 Å². The Labute approximate surface area is 69.3 Å². The van der Waals surface area contributed by atoms with Crippen LogP contribution in [0.4, 0.5) is 4.39 Å². The van der Waals surface area contributed by atoms with E-state index in [0.29, 0.717) is 0 Å². The molecule has 3 heteroatoms. The van der Waals surface area contributed by atoms with Crippen molar-refractivity contribution in [1.82, 2.24) is 0 Å². The summed E-state index contributed by atoms with van der Waals surface area (Å²) in [5.41, 5.74) is 0.176. The first-order valence-electron chi connectivity index (χ1n) is 3.31. The van der Waals surface area contributed by atoms with Gasteiger partial charge in [-0.2, -0.15) is 0 Å². The quantitative estimate of drug-likeness (QED) is 0.497. The lowest BCUT2D eigenvalue weighted by Crippen LogP contribution is -2.00. The Morgan fingerprint density at radius 2 is 2.33 bits per heavy atom. The van der Waals surface area contributed by atoms with Gasteiger partial charge in [0, 0.05) is 0 Å². The summed E-state index contributed by atoms with van der Waals surface area (Å²) in [6.07, 6.45) is 1.01. The van der Waals surface area contributed by atoms with Crippen molar-refractivity contribution in [2.45, 2.75) is 0 Å². The third kappa shape index (κ3) is 1.92. The summed E-state index contributed by atoms with van der Waals surface area (Å²) in [7, 11) is 0. The lowest BCUT2D eigenvalue weighted by Gasteiger charge is -1.97. The Bertz CT molecular complexity index is 307. The van der Waals surface area contributed by atoms with E-state index in [0.717, 1.165) is 12.3 Å². The zero-order chi connectivity index (χ0) is 8.97. The number of hydrogen-bond donors (Lipinski definition) is 0. The molecule has 1 aromatic rings. The molecular weight excluding hydrogens is 159 g/mol. The molecule has 0 saturated carbocycles. The highest BCUT2D eigenvalue weighted by atomic mass is 19.1. The molecule has 0 atom stereocenters. The van der Waals surface area contributed by atoms with Crippen molar-refractivity contribution in [1.29, 1.82) is 0 Å². The average molecular weight is 166 g/mol. The molecule has 0 heterocycles. The zero-order valence-corrected chi connectivity index (χ0v) is 6.29. The SMILES string of the molecule is C=COC(=O)c1cccc(F)c1. The molecule has 0 unspecified atom stereocenters. The first-order valence-corrected chi connectivity index (χ1v) is 3.31. The van der Waals surface area contributed by atoms with Crippen molar-refractivity contribution in [3.05, 3.63) is 48.5 Å². The normalized spacial score (nSPS) is 9.08. The van der Waals surface area contributed by atoms with Gasteiger partial charge in [0.25, 0.3) is 0 Å². The molecule has 12 heavy (non-hydrogen) atoms. The Balaban J connectivity index is 2.87. The fourth-order valence-electron chi connectivity index (χ4n) is 0.759. The molecule has 0 aromatic heterocycles. The minimum absolute atomic E-state index is 0.176. The van der Waals surface area contributed by atoms with Gasteiger partial charge < -0.3 is 4.74 Å². The summed E-state index contributed by atoms with van der Waals surface area (Å²) in [6, 6.07) is 5.26. The highest BCUT2D eigenvalue weighted by Gasteiger charge is 2.05. The van der Waals surface area contributed by atoms with Crippen LogP contribution >= 0.6 is 0 Å². The maximum atomic E-state index is 12.5. The molecule has 0 bridgehead atoms. The van der Waals surface area contributed by atoms with Crippen LogP contribution in [-0.4, -0.2) is 5.97 Å². The lowest BCUT2D eigenvalue weighted by molar-refractivity contribution is 0.0663. The number of halogens is 1. The highest BCUT2D eigenvalue weighted by Crippen LogP contribution is 2.04. The van der Waals surface area contributed by atoms with E-state index in [9.17, 15) is 9.18 Å². The number of carbonyl (C=O) groups is 1. The van der Waals surface area contributed by atoms with E-state index < -0.39 is 11.8 Å². The van der Waals surface area contributed by atoms with E-state index in [1.807, 2.05) is 0 Å². The number of rotatable bonds is 2. The molecule has 0 spiro atoms. The summed E-state index contributed by atoms with van der Waals surface area (Å²) < 4.78 is 17.0. The molecule has 0 aliphatic heterocycles. The monoisotopic (exact) mass is 166 g/mol. The van der Waals surface area contributed by atoms with Crippen LogP contribution in [0.15, 0.2) is 37.1 Å². The molecule has 1 rings (SSSR count). The van der Waals surface area contributed by atoms with Crippen LogP contribution in [0.25, 0.3) is 0 Å². The second kappa shape index (κ2) is 3.67. The molecule has 0 amide bonds. The predicted molar refractivity (Wildman–Crippen MR) is 42.0 cm³/mol. The van der Waals surface area contributed by atoms with Gasteiger partial charge in [0.15, 0.2) is 0 Å². The van der Waals surface area contributed by atoms with Gasteiger partial charge in [-0.15, -0.1) is 0 Å². The Morgan fingerprint density at radius 1 is 1.58 bits per heavy atom. The van der Waals surface area contributed by atoms with Crippen molar-refractivity contribution in [2.24, 2.45) is 0 Å². The Hall–Kier alpha value is -1.64. The maximum absolute atomic E-state index is 12.5. The van der Waals surface area contributed by atoms with E-state index in [4.69, 9.17) is 0 Å². The average Bonchev–Trinajstić information content (AvgIpc) is 2.05. The lowest BCUT2D eigenvalue weighted by atomic mass is 10.2. The zero-order valence-electron chi connectivity index (χ0n) is 6.29. The van der Waals surface area contributed by atoms with E-state index in [1.54, 1.807) is 0 Å². The van der Waals surface area contributed by atoms with Gasteiger partial charge in [0.2, 0.25) is 0 Å². The van der Waals surface area contributed by atoms with Crippen LogP contribution in [0, 0.1) is 5.82 Å². The van der Waals surface area contributed by atoms with Gasteiger partial charge >= 0.3 is 5.97 Å². The maximum Gasteiger partial charge on any atom is 0.343 e. The van der Waals surface area contributed by atoms with Crippen molar-refractivity contribution in [3.63, 3.8) is 0 Å². The van der Waals surface area contributed by atoms with Gasteiger partial charge in [-0.3, -0.25) is 0 Å². The van der Waals surface area contributed by atoms with Gasteiger partial charge in [0.05, 0.1) is 11.8 Å². The molecule has 0 N–H and O–H groups in total. The Kier molecular flexibility index (Phi) is 2.58. The van der Waals surface area contributed by atoms with E-state index >= 15 is 0 Å². The molecule has 0 fully saturated rings. The minimum atomic E-state index is -0.607. The third-order valence-corrected chi connectivity index (χ3v) is 1.25. The highest BCUT2D eigenvalue weighted by molar-refractivity contribution is 5.89. The van der Waals surface area contributed by atoms with Crippen LogP contribution in [0.2, 0.25) is 0 Å². The van der Waals surface area contributed by atoms with Crippen molar-refractivity contribution in [2.75, 3.05) is 0 Å². The molecule has 0 aliphatic rings. The minimum Gasteiger partial charge on any atom is -0.432 e. The summed E-state index contributed by atoms with van der Waals surface area (Å²) >= 11 is 0. The topological polar surface area (TPSA) is 26.3 Å². The number of ether oxygens (including phenoxy) is 1. The molecule has 2 nitrogen and oxygen atoms in total. The standard InChI is InChI=1S/C9H7FO2/c1-2-12-9(11)7-4-3-5-8(10)6-7/h2-6H,1H2. The number of benzene rings is 1. The van der Waals surface area contributed by atoms with E-state index in [-0.39, 0.29) is 5.56 Å². The fraction of sp³-hybridized carbons (Fsp3) is 0. The second-order valence-corrected chi connectivity index (χ2v) is 2.08. The summed E-state index contributed by atoms with van der Waals surface area (Å²) in [6.45, 7) is 3.21. The molecule has 0 aliphatic carbocycles. The first-order chi connectivity index (χ1) is 5.74. The van der Waals surface area contributed by atoms with Gasteiger partial charge in [-0.05, 0) is 18.2 Å². The van der Waals surface area contributed by atoms with Gasteiger partial charge in [0.1, 0.15) is 5.82 Å². The first kappa shape index (κ1) is 8.46. The van der Waals surface area contributed by atoms with Crippen LogP contribution in [0.3, 0.4) is 0 Å². The second-order valence-electron chi connectivity index (χ2n) is 2.08. The molecular formula is C9H7FO2. The number of esters is 1. The predicted octanol–water partition coefficient (Wildman–Crippen LogP) is 2.13. The summed E-state index contributed by atoms with van der Waals surface area (Å²) in [4.78, 5) is 10.9. The molecule has 0 saturated heterocycles. The van der Waals surface area contributed by atoms with Crippen LogP contribution in [0.1, 0.15) is 10.4 Å². The van der Waals surface area contributed by atoms with Gasteiger partial charge in [-0.1, -0.05) is 12.6 Å². The summed E-state index contributed by atoms with van der Waals surface area (Å²) in [5, 5.41) is 0. The van der Waals surface area contributed by atoms with Crippen molar-refractivity contribution < 1.29 is 13.9 Å². The Morgan fingerprint density at radius 3 is 2.92 bits per heavy atom. The van der Waals surface area contributed by atoms with Crippen LogP contribution in [0.5, 0.6) is 0 Å². The van der Waals surface area contributed by atoms with Crippen LogP contribution < -0.4 is 0 Å².